The SMILES string of the molecule is CC(C)(C)C(=O)N1CCc2ccc(C(F)(F)F)cc2C1. The van der Waals surface area contributed by atoms with Crippen molar-refractivity contribution >= 4 is 5.91 Å². The summed E-state index contributed by atoms with van der Waals surface area (Å²) in [5.41, 5.74) is 0.333. The Bertz CT molecular complexity index is 529. The standard InChI is InChI=1S/C15H18F3NO/c1-14(2,3)13(20)19-7-6-10-4-5-12(15(16,17)18)8-11(10)9-19/h4-5,8H,6-7,9H2,1-3H3. The Morgan fingerprint density at radius 2 is 1.80 bits per heavy atom. The Labute approximate surface area is 116 Å². The van der Waals surface area contributed by atoms with Crippen LogP contribution in [0.25, 0.3) is 0 Å². The van der Waals surface area contributed by atoms with Gasteiger partial charge in [-0.1, -0.05) is 26.8 Å². The number of benzene rings is 1. The van der Waals surface area contributed by atoms with Gasteiger partial charge in [0.25, 0.3) is 0 Å². The lowest BCUT2D eigenvalue weighted by Gasteiger charge is -2.33. The molecule has 0 radical (unpaired) electrons. The van der Waals surface area contributed by atoms with E-state index in [2.05, 4.69) is 0 Å². The first-order valence-electron chi connectivity index (χ1n) is 6.57. The van der Waals surface area contributed by atoms with Gasteiger partial charge in [-0.05, 0) is 29.7 Å². The first kappa shape index (κ1) is 14.9. The number of fused-ring (bicyclic) bond motifs is 1. The van der Waals surface area contributed by atoms with Gasteiger partial charge in [-0.2, -0.15) is 13.2 Å². The molecule has 1 aromatic carbocycles. The van der Waals surface area contributed by atoms with E-state index < -0.39 is 17.2 Å². The van der Waals surface area contributed by atoms with Gasteiger partial charge in [0.15, 0.2) is 0 Å². The van der Waals surface area contributed by atoms with Crippen LogP contribution in [0.3, 0.4) is 0 Å². The number of halogens is 3. The molecule has 0 unspecified atom stereocenters. The van der Waals surface area contributed by atoms with Crippen LogP contribution in [0, 0.1) is 5.41 Å². The number of carbonyl (C=O) groups is 1. The highest BCUT2D eigenvalue weighted by atomic mass is 19.4. The molecule has 20 heavy (non-hydrogen) atoms. The maximum atomic E-state index is 12.7. The third kappa shape index (κ3) is 2.97. The molecule has 1 amide bonds. The van der Waals surface area contributed by atoms with Gasteiger partial charge >= 0.3 is 6.18 Å². The van der Waals surface area contributed by atoms with Gasteiger partial charge in [-0.25, -0.2) is 0 Å². The quantitative estimate of drug-likeness (QED) is 0.712. The van der Waals surface area contributed by atoms with Gasteiger partial charge in [-0.3, -0.25) is 4.79 Å². The van der Waals surface area contributed by atoms with Crippen LogP contribution in [0.1, 0.15) is 37.5 Å². The number of carbonyl (C=O) groups excluding carboxylic acids is 1. The largest absolute Gasteiger partial charge is 0.416 e. The Balaban J connectivity index is 2.27. The Morgan fingerprint density at radius 3 is 2.35 bits per heavy atom. The fraction of sp³-hybridized carbons (Fsp3) is 0.533. The monoisotopic (exact) mass is 285 g/mol. The number of hydrogen-bond acceptors (Lipinski definition) is 1. The number of alkyl halides is 3. The summed E-state index contributed by atoms with van der Waals surface area (Å²) in [6.07, 6.45) is -3.74. The van der Waals surface area contributed by atoms with E-state index in [9.17, 15) is 18.0 Å². The van der Waals surface area contributed by atoms with Gasteiger partial charge in [0.2, 0.25) is 5.91 Å². The summed E-state index contributed by atoms with van der Waals surface area (Å²) >= 11 is 0. The lowest BCUT2D eigenvalue weighted by molar-refractivity contribution is -0.140. The van der Waals surface area contributed by atoms with Crippen molar-refractivity contribution in [3.05, 3.63) is 34.9 Å². The molecule has 5 heteroatoms. The predicted molar refractivity (Wildman–Crippen MR) is 70.0 cm³/mol. The van der Waals surface area contributed by atoms with Gasteiger partial charge in [0.1, 0.15) is 0 Å². The van der Waals surface area contributed by atoms with Crippen molar-refractivity contribution < 1.29 is 18.0 Å². The minimum atomic E-state index is -4.34. The maximum absolute atomic E-state index is 12.7. The molecule has 0 atom stereocenters. The van der Waals surface area contributed by atoms with Crippen LogP contribution >= 0.6 is 0 Å². The molecule has 0 saturated carbocycles. The van der Waals surface area contributed by atoms with Crippen LogP contribution in [0.5, 0.6) is 0 Å². The van der Waals surface area contributed by atoms with Crippen LogP contribution in [0.4, 0.5) is 13.2 Å². The summed E-state index contributed by atoms with van der Waals surface area (Å²) in [5, 5.41) is 0. The van der Waals surface area contributed by atoms with Crippen molar-refractivity contribution in [2.75, 3.05) is 6.54 Å². The summed E-state index contributed by atoms with van der Waals surface area (Å²) in [6.45, 7) is 6.27. The molecule has 2 nitrogen and oxygen atoms in total. The fourth-order valence-electron chi connectivity index (χ4n) is 2.38. The molecule has 1 heterocycles. The number of hydrogen-bond donors (Lipinski definition) is 0. The van der Waals surface area contributed by atoms with Crippen molar-refractivity contribution in [1.29, 1.82) is 0 Å². The molecular weight excluding hydrogens is 267 g/mol. The molecule has 1 aliphatic rings. The zero-order chi connectivity index (χ0) is 15.1. The highest BCUT2D eigenvalue weighted by Gasteiger charge is 2.33. The highest BCUT2D eigenvalue weighted by Crippen LogP contribution is 2.32. The molecule has 0 aromatic heterocycles. The molecule has 0 fully saturated rings. The Morgan fingerprint density at radius 1 is 1.15 bits per heavy atom. The second-order valence-electron chi connectivity index (χ2n) is 6.21. The van der Waals surface area contributed by atoms with Gasteiger partial charge in [0.05, 0.1) is 5.56 Å². The zero-order valence-corrected chi connectivity index (χ0v) is 11.8. The van der Waals surface area contributed by atoms with E-state index in [0.29, 0.717) is 18.5 Å². The second-order valence-corrected chi connectivity index (χ2v) is 6.21. The molecule has 1 aliphatic heterocycles. The van der Waals surface area contributed by atoms with Crippen LogP contribution in [-0.2, 0) is 23.9 Å². The van der Waals surface area contributed by atoms with E-state index in [1.54, 1.807) is 4.90 Å². The van der Waals surface area contributed by atoms with Crippen molar-refractivity contribution in [3.8, 4) is 0 Å². The molecular formula is C15H18F3NO. The average molecular weight is 285 g/mol. The number of nitrogens with zero attached hydrogens (tertiary/aromatic N) is 1. The normalized spacial score (nSPS) is 16.0. The molecule has 0 saturated heterocycles. The van der Waals surface area contributed by atoms with Gasteiger partial charge in [-0.15, -0.1) is 0 Å². The van der Waals surface area contributed by atoms with Gasteiger partial charge in [0, 0.05) is 18.5 Å². The summed E-state index contributed by atoms with van der Waals surface area (Å²) in [6, 6.07) is 3.80. The van der Waals surface area contributed by atoms with Crippen molar-refractivity contribution in [2.45, 2.75) is 39.9 Å². The minimum absolute atomic E-state index is 0.0273. The summed E-state index contributed by atoms with van der Waals surface area (Å²) in [7, 11) is 0. The maximum Gasteiger partial charge on any atom is 0.416 e. The molecule has 0 bridgehead atoms. The van der Waals surface area contributed by atoms with Gasteiger partial charge < -0.3 is 4.90 Å². The molecule has 1 aromatic rings. The molecule has 0 N–H and O–H groups in total. The smallest absolute Gasteiger partial charge is 0.338 e. The van der Waals surface area contributed by atoms with Crippen molar-refractivity contribution in [1.82, 2.24) is 4.90 Å². The second kappa shape index (κ2) is 4.79. The van der Waals surface area contributed by atoms with Crippen molar-refractivity contribution in [2.24, 2.45) is 5.41 Å². The lowest BCUT2D eigenvalue weighted by Crippen LogP contribution is -2.42. The van der Waals surface area contributed by atoms with Crippen LogP contribution in [0.2, 0.25) is 0 Å². The molecule has 0 spiro atoms. The van der Waals surface area contributed by atoms with Crippen molar-refractivity contribution in [3.63, 3.8) is 0 Å². The zero-order valence-electron chi connectivity index (χ0n) is 11.8. The Hall–Kier alpha value is -1.52. The summed E-state index contributed by atoms with van der Waals surface area (Å²) < 4.78 is 38.2. The van der Waals surface area contributed by atoms with E-state index >= 15 is 0 Å². The molecule has 0 aliphatic carbocycles. The van der Waals surface area contributed by atoms with E-state index in [4.69, 9.17) is 0 Å². The van der Waals surface area contributed by atoms with Crippen LogP contribution in [-0.4, -0.2) is 17.4 Å². The predicted octanol–water partition coefficient (Wildman–Crippen LogP) is 3.64. The van der Waals surface area contributed by atoms with E-state index in [1.807, 2.05) is 20.8 Å². The van der Waals surface area contributed by atoms with E-state index in [0.717, 1.165) is 17.7 Å². The third-order valence-electron chi connectivity index (χ3n) is 3.47. The fourth-order valence-corrected chi connectivity index (χ4v) is 2.38. The first-order valence-corrected chi connectivity index (χ1v) is 6.57. The van der Waals surface area contributed by atoms with Crippen LogP contribution < -0.4 is 0 Å². The van der Waals surface area contributed by atoms with E-state index in [-0.39, 0.29) is 12.5 Å². The topological polar surface area (TPSA) is 20.3 Å². The molecule has 2 rings (SSSR count). The Kier molecular flexibility index (Phi) is 3.56. The number of amides is 1. The number of rotatable bonds is 0. The summed E-state index contributed by atoms with van der Waals surface area (Å²) in [5.74, 6) is -0.0273. The van der Waals surface area contributed by atoms with Crippen LogP contribution in [0.15, 0.2) is 18.2 Å². The highest BCUT2D eigenvalue weighted by molar-refractivity contribution is 5.81. The average Bonchev–Trinajstić information content (AvgIpc) is 2.34. The lowest BCUT2D eigenvalue weighted by atomic mass is 9.91. The third-order valence-corrected chi connectivity index (χ3v) is 3.47. The first-order chi connectivity index (χ1) is 9.09. The summed E-state index contributed by atoms with van der Waals surface area (Å²) in [4.78, 5) is 13.9. The molecule has 110 valence electrons. The van der Waals surface area contributed by atoms with E-state index in [1.165, 1.54) is 6.07 Å². The minimum Gasteiger partial charge on any atom is -0.338 e.